The molecule has 108 valence electrons. The molecule has 0 aliphatic carbocycles. The molecule has 1 amide bonds. The fourth-order valence-corrected chi connectivity index (χ4v) is 3.35. The maximum atomic E-state index is 11.3. The number of carbonyl (C=O) groups is 1. The predicted octanol–water partition coefficient (Wildman–Crippen LogP) is 1.48. The number of amides is 1. The number of benzene rings is 1. The average molecular weight is 273 g/mol. The summed E-state index contributed by atoms with van der Waals surface area (Å²) in [5.74, 6) is 0.860. The van der Waals surface area contributed by atoms with Crippen LogP contribution in [0.5, 0.6) is 0 Å². The van der Waals surface area contributed by atoms with Crippen LogP contribution < -0.4 is 10.6 Å². The van der Waals surface area contributed by atoms with Crippen LogP contribution in [0.25, 0.3) is 0 Å². The van der Waals surface area contributed by atoms with Crippen LogP contribution >= 0.6 is 0 Å². The number of fused-ring (bicyclic) bond motifs is 2. The number of hydrogen-bond acceptors (Lipinski definition) is 3. The van der Waals surface area contributed by atoms with Crippen LogP contribution in [0.3, 0.4) is 0 Å². The van der Waals surface area contributed by atoms with Gasteiger partial charge in [0.1, 0.15) is 0 Å². The number of anilines is 1. The van der Waals surface area contributed by atoms with Crippen LogP contribution in [0.1, 0.15) is 18.4 Å². The number of carbonyl (C=O) groups excluding carboxylic acids is 1. The summed E-state index contributed by atoms with van der Waals surface area (Å²) in [4.78, 5) is 13.9. The van der Waals surface area contributed by atoms with Crippen molar-refractivity contribution in [3.05, 3.63) is 29.8 Å². The highest BCUT2D eigenvalue weighted by Gasteiger charge is 2.33. The first-order chi connectivity index (χ1) is 9.74. The summed E-state index contributed by atoms with van der Waals surface area (Å²) in [6.07, 6.45) is 3.02. The van der Waals surface area contributed by atoms with Crippen LogP contribution in [-0.2, 0) is 11.2 Å². The first-order valence-electron chi connectivity index (χ1n) is 7.53. The second-order valence-electron chi connectivity index (χ2n) is 5.94. The molecule has 2 saturated heterocycles. The van der Waals surface area contributed by atoms with Gasteiger partial charge in [-0.2, -0.15) is 0 Å². The molecule has 20 heavy (non-hydrogen) atoms. The summed E-state index contributed by atoms with van der Waals surface area (Å²) in [7, 11) is 1.67. The molecule has 2 fully saturated rings. The van der Waals surface area contributed by atoms with Crippen molar-refractivity contribution < 1.29 is 4.79 Å². The van der Waals surface area contributed by atoms with Gasteiger partial charge in [0.25, 0.3) is 0 Å². The summed E-state index contributed by atoms with van der Waals surface area (Å²) in [6, 6.07) is 8.89. The second-order valence-corrected chi connectivity index (χ2v) is 5.94. The number of piperidine rings is 1. The van der Waals surface area contributed by atoms with E-state index in [9.17, 15) is 4.79 Å². The molecular formula is C16H23N3O. The summed E-state index contributed by atoms with van der Waals surface area (Å²) in [5, 5.41) is 6.33. The highest BCUT2D eigenvalue weighted by molar-refractivity contribution is 5.78. The van der Waals surface area contributed by atoms with E-state index < -0.39 is 0 Å². The summed E-state index contributed by atoms with van der Waals surface area (Å²) >= 11 is 0. The Labute approximate surface area is 120 Å². The molecule has 0 spiro atoms. The van der Waals surface area contributed by atoms with Gasteiger partial charge in [0, 0.05) is 31.9 Å². The lowest BCUT2D eigenvalue weighted by Crippen LogP contribution is -2.39. The van der Waals surface area contributed by atoms with Gasteiger partial charge in [-0.05, 0) is 43.0 Å². The van der Waals surface area contributed by atoms with Crippen molar-refractivity contribution in [2.24, 2.45) is 5.92 Å². The number of likely N-dealkylation sites (N-methyl/N-ethyl adjacent to an activating group) is 1. The Morgan fingerprint density at radius 1 is 1.25 bits per heavy atom. The second kappa shape index (κ2) is 5.83. The van der Waals surface area contributed by atoms with E-state index >= 15 is 0 Å². The lowest BCUT2D eigenvalue weighted by Gasteiger charge is -2.31. The van der Waals surface area contributed by atoms with Gasteiger partial charge in [-0.3, -0.25) is 4.79 Å². The zero-order valence-electron chi connectivity index (χ0n) is 12.1. The average Bonchev–Trinajstić information content (AvgIpc) is 2.86. The first kappa shape index (κ1) is 13.4. The minimum atomic E-state index is 0.0593. The molecule has 2 heterocycles. The van der Waals surface area contributed by atoms with Crippen molar-refractivity contribution in [3.8, 4) is 0 Å². The van der Waals surface area contributed by atoms with E-state index in [0.29, 0.717) is 12.5 Å². The normalized spacial score (nSPS) is 28.1. The maximum absolute atomic E-state index is 11.3. The van der Waals surface area contributed by atoms with E-state index in [1.165, 1.54) is 38.2 Å². The smallest absolute Gasteiger partial charge is 0.224 e. The fraction of sp³-hybridized carbons (Fsp3) is 0.562. The van der Waals surface area contributed by atoms with Crippen molar-refractivity contribution in [2.45, 2.75) is 25.3 Å². The Morgan fingerprint density at radius 2 is 2.00 bits per heavy atom. The summed E-state index contributed by atoms with van der Waals surface area (Å²) < 4.78 is 0. The topological polar surface area (TPSA) is 44.4 Å². The minimum Gasteiger partial charge on any atom is -0.382 e. The quantitative estimate of drug-likeness (QED) is 0.873. The molecule has 3 atom stereocenters. The molecular weight excluding hydrogens is 250 g/mol. The first-order valence-corrected chi connectivity index (χ1v) is 7.53. The van der Waals surface area contributed by atoms with Gasteiger partial charge in [-0.15, -0.1) is 0 Å². The van der Waals surface area contributed by atoms with Crippen LogP contribution in [-0.4, -0.2) is 43.5 Å². The maximum Gasteiger partial charge on any atom is 0.224 e. The standard InChI is InChI=1S/C16H23N3O/c1-17-16(20)10-12-2-4-14(5-3-12)18-15-7-9-19-8-6-13(15)11-19/h2-5,13,15,18H,6-11H2,1H3,(H,17,20). The molecule has 0 aromatic heterocycles. The molecule has 2 aliphatic heterocycles. The van der Waals surface area contributed by atoms with Gasteiger partial charge in [-0.1, -0.05) is 12.1 Å². The van der Waals surface area contributed by atoms with Gasteiger partial charge >= 0.3 is 0 Å². The van der Waals surface area contributed by atoms with Crippen molar-refractivity contribution in [2.75, 3.05) is 32.0 Å². The van der Waals surface area contributed by atoms with E-state index in [0.717, 1.165) is 11.5 Å². The molecule has 3 unspecified atom stereocenters. The van der Waals surface area contributed by atoms with Gasteiger partial charge in [0.2, 0.25) is 5.91 Å². The molecule has 2 N–H and O–H groups in total. The third kappa shape index (κ3) is 2.96. The number of nitrogens with one attached hydrogen (secondary N) is 2. The number of hydrogen-bond donors (Lipinski definition) is 2. The Morgan fingerprint density at radius 3 is 2.75 bits per heavy atom. The molecule has 4 nitrogen and oxygen atoms in total. The SMILES string of the molecule is CNC(=O)Cc1ccc(NC2CCN3CCC2C3)cc1. The largest absolute Gasteiger partial charge is 0.382 e. The van der Waals surface area contributed by atoms with Gasteiger partial charge in [0.05, 0.1) is 6.42 Å². The van der Waals surface area contributed by atoms with Crippen LogP contribution in [0.2, 0.25) is 0 Å². The predicted molar refractivity (Wildman–Crippen MR) is 80.8 cm³/mol. The summed E-state index contributed by atoms with van der Waals surface area (Å²) in [6.45, 7) is 3.75. The van der Waals surface area contributed by atoms with Crippen molar-refractivity contribution in [1.82, 2.24) is 10.2 Å². The zero-order chi connectivity index (χ0) is 13.9. The van der Waals surface area contributed by atoms with Gasteiger partial charge in [-0.25, -0.2) is 0 Å². The van der Waals surface area contributed by atoms with Crippen molar-refractivity contribution in [3.63, 3.8) is 0 Å². The highest BCUT2D eigenvalue weighted by atomic mass is 16.1. The molecule has 2 aliphatic rings. The Balaban J connectivity index is 1.59. The molecule has 4 heteroatoms. The van der Waals surface area contributed by atoms with Crippen molar-refractivity contribution >= 4 is 11.6 Å². The van der Waals surface area contributed by atoms with E-state index in [1.54, 1.807) is 7.05 Å². The van der Waals surface area contributed by atoms with Gasteiger partial charge in [0.15, 0.2) is 0 Å². The van der Waals surface area contributed by atoms with Crippen LogP contribution in [0.15, 0.2) is 24.3 Å². The number of rotatable bonds is 4. The Kier molecular flexibility index (Phi) is 3.92. The van der Waals surface area contributed by atoms with Crippen LogP contribution in [0.4, 0.5) is 5.69 Å². The van der Waals surface area contributed by atoms with E-state index in [1.807, 2.05) is 12.1 Å². The molecule has 1 aromatic carbocycles. The third-order valence-electron chi connectivity index (χ3n) is 4.58. The molecule has 0 radical (unpaired) electrons. The molecule has 0 saturated carbocycles. The Bertz CT molecular complexity index is 471. The lowest BCUT2D eigenvalue weighted by atomic mass is 9.94. The zero-order valence-corrected chi connectivity index (χ0v) is 12.1. The van der Waals surface area contributed by atoms with E-state index in [-0.39, 0.29) is 5.91 Å². The van der Waals surface area contributed by atoms with Crippen molar-refractivity contribution in [1.29, 1.82) is 0 Å². The lowest BCUT2D eigenvalue weighted by molar-refractivity contribution is -0.119. The molecule has 2 bridgehead atoms. The monoisotopic (exact) mass is 273 g/mol. The van der Waals surface area contributed by atoms with E-state index in [2.05, 4.69) is 27.7 Å². The molecule has 1 aromatic rings. The van der Waals surface area contributed by atoms with Gasteiger partial charge < -0.3 is 15.5 Å². The highest BCUT2D eigenvalue weighted by Crippen LogP contribution is 2.29. The Hall–Kier alpha value is -1.55. The fourth-order valence-electron chi connectivity index (χ4n) is 3.35. The van der Waals surface area contributed by atoms with Crippen LogP contribution in [0, 0.1) is 5.92 Å². The van der Waals surface area contributed by atoms with E-state index in [4.69, 9.17) is 0 Å². The summed E-state index contributed by atoms with van der Waals surface area (Å²) in [5.41, 5.74) is 2.24. The molecule has 3 rings (SSSR count). The minimum absolute atomic E-state index is 0.0593. The third-order valence-corrected chi connectivity index (χ3v) is 4.58. The number of nitrogens with zero attached hydrogens (tertiary/aromatic N) is 1.